The van der Waals surface area contributed by atoms with Crippen molar-refractivity contribution in [3.8, 4) is 5.82 Å². The monoisotopic (exact) mass is 249 g/mol. The van der Waals surface area contributed by atoms with E-state index >= 15 is 0 Å². The maximum atomic E-state index is 12.4. The standard InChI is InChI=1S/C15H11N3O/c1-2-11-6-7-13-12(9-11)15(19)18(10-17-13)14-5-3-4-8-16-14/h2-10H,1H2. The van der Waals surface area contributed by atoms with Gasteiger partial charge >= 0.3 is 0 Å². The Labute approximate surface area is 109 Å². The predicted molar refractivity (Wildman–Crippen MR) is 75.2 cm³/mol. The van der Waals surface area contributed by atoms with Crippen LogP contribution in [0, 0.1) is 0 Å². The molecule has 4 heteroatoms. The van der Waals surface area contributed by atoms with Crippen LogP contribution >= 0.6 is 0 Å². The molecule has 2 aromatic heterocycles. The predicted octanol–water partition coefficient (Wildman–Crippen LogP) is 2.42. The molecule has 4 nitrogen and oxygen atoms in total. The molecule has 0 saturated carbocycles. The van der Waals surface area contributed by atoms with Crippen LogP contribution in [0.5, 0.6) is 0 Å². The Hall–Kier alpha value is -2.75. The van der Waals surface area contributed by atoms with Gasteiger partial charge in [0.25, 0.3) is 5.56 Å². The smallest absolute Gasteiger partial charge is 0.266 e. The van der Waals surface area contributed by atoms with Crippen LogP contribution in [-0.4, -0.2) is 14.5 Å². The fraction of sp³-hybridized carbons (Fsp3) is 0. The van der Waals surface area contributed by atoms with Gasteiger partial charge < -0.3 is 0 Å². The average Bonchev–Trinajstić information content (AvgIpc) is 2.48. The molecule has 3 aromatic rings. The summed E-state index contributed by atoms with van der Waals surface area (Å²) < 4.78 is 1.44. The lowest BCUT2D eigenvalue weighted by Gasteiger charge is -2.05. The number of fused-ring (bicyclic) bond motifs is 1. The van der Waals surface area contributed by atoms with Crippen molar-refractivity contribution < 1.29 is 0 Å². The van der Waals surface area contributed by atoms with Crippen LogP contribution in [0.2, 0.25) is 0 Å². The fourth-order valence-corrected chi connectivity index (χ4v) is 1.93. The molecule has 0 unspecified atom stereocenters. The van der Waals surface area contributed by atoms with E-state index in [0.29, 0.717) is 16.7 Å². The Morgan fingerprint density at radius 2 is 2.05 bits per heavy atom. The van der Waals surface area contributed by atoms with Crippen LogP contribution in [0.25, 0.3) is 22.8 Å². The molecule has 0 N–H and O–H groups in total. The first-order chi connectivity index (χ1) is 9.29. The van der Waals surface area contributed by atoms with Crippen LogP contribution in [0.3, 0.4) is 0 Å². The highest BCUT2D eigenvalue weighted by Gasteiger charge is 2.06. The molecule has 0 bridgehead atoms. The second kappa shape index (κ2) is 4.49. The third kappa shape index (κ3) is 1.93. The fourth-order valence-electron chi connectivity index (χ4n) is 1.93. The summed E-state index contributed by atoms with van der Waals surface area (Å²) in [4.78, 5) is 20.9. The van der Waals surface area contributed by atoms with Gasteiger partial charge in [0.15, 0.2) is 0 Å². The van der Waals surface area contributed by atoms with Crippen molar-refractivity contribution in [3.05, 3.63) is 71.4 Å². The summed E-state index contributed by atoms with van der Waals surface area (Å²) in [6.45, 7) is 3.71. The minimum absolute atomic E-state index is 0.132. The molecule has 0 atom stereocenters. The van der Waals surface area contributed by atoms with Gasteiger partial charge in [-0.1, -0.05) is 24.8 Å². The summed E-state index contributed by atoms with van der Waals surface area (Å²) in [5.74, 6) is 0.561. The number of pyridine rings is 1. The third-order valence-corrected chi connectivity index (χ3v) is 2.91. The maximum absolute atomic E-state index is 12.4. The minimum Gasteiger partial charge on any atom is -0.268 e. The molecule has 19 heavy (non-hydrogen) atoms. The zero-order chi connectivity index (χ0) is 13.2. The van der Waals surface area contributed by atoms with Gasteiger partial charge in [-0.05, 0) is 29.8 Å². The van der Waals surface area contributed by atoms with E-state index in [0.717, 1.165) is 5.56 Å². The summed E-state index contributed by atoms with van der Waals surface area (Å²) in [6, 6.07) is 10.9. The lowest BCUT2D eigenvalue weighted by Crippen LogP contribution is -2.19. The first-order valence-electron chi connectivity index (χ1n) is 5.85. The minimum atomic E-state index is -0.132. The summed E-state index contributed by atoms with van der Waals surface area (Å²) in [6.07, 6.45) is 4.85. The highest BCUT2D eigenvalue weighted by molar-refractivity contribution is 5.80. The van der Waals surface area contributed by atoms with Gasteiger partial charge in [0.2, 0.25) is 0 Å². The largest absolute Gasteiger partial charge is 0.268 e. The van der Waals surface area contributed by atoms with Crippen LogP contribution in [0.15, 0.2) is 60.3 Å². The van der Waals surface area contributed by atoms with E-state index in [1.54, 1.807) is 30.5 Å². The molecule has 0 fully saturated rings. The quantitative estimate of drug-likeness (QED) is 0.700. The Morgan fingerprint density at radius 1 is 1.16 bits per heavy atom. The molecule has 0 aliphatic heterocycles. The Bertz CT molecular complexity index is 806. The average molecular weight is 249 g/mol. The first-order valence-corrected chi connectivity index (χ1v) is 5.85. The highest BCUT2D eigenvalue weighted by Crippen LogP contribution is 2.11. The Kier molecular flexibility index (Phi) is 2.68. The molecule has 92 valence electrons. The molecule has 1 aromatic carbocycles. The lowest BCUT2D eigenvalue weighted by atomic mass is 10.1. The van der Waals surface area contributed by atoms with Crippen LogP contribution in [-0.2, 0) is 0 Å². The molecular formula is C15H11N3O. The second-order valence-corrected chi connectivity index (χ2v) is 4.09. The number of hydrogen-bond donors (Lipinski definition) is 0. The van der Waals surface area contributed by atoms with Gasteiger partial charge in [-0.15, -0.1) is 0 Å². The van der Waals surface area contributed by atoms with Gasteiger partial charge in [-0.3, -0.25) is 9.36 Å². The van der Waals surface area contributed by atoms with E-state index in [1.807, 2.05) is 18.2 Å². The van der Waals surface area contributed by atoms with Crippen molar-refractivity contribution in [2.24, 2.45) is 0 Å². The number of nitrogens with zero attached hydrogens (tertiary/aromatic N) is 3. The van der Waals surface area contributed by atoms with Crippen LogP contribution in [0.4, 0.5) is 0 Å². The molecule has 0 radical (unpaired) electrons. The van der Waals surface area contributed by atoms with Crippen molar-refractivity contribution in [2.75, 3.05) is 0 Å². The Morgan fingerprint density at radius 3 is 2.79 bits per heavy atom. The van der Waals surface area contributed by atoms with Crippen molar-refractivity contribution in [1.82, 2.24) is 14.5 Å². The molecule has 0 aliphatic carbocycles. The van der Waals surface area contributed by atoms with Crippen molar-refractivity contribution >= 4 is 17.0 Å². The van der Waals surface area contributed by atoms with Crippen molar-refractivity contribution in [3.63, 3.8) is 0 Å². The molecule has 0 aliphatic rings. The third-order valence-electron chi connectivity index (χ3n) is 2.91. The zero-order valence-electron chi connectivity index (χ0n) is 10.2. The van der Waals surface area contributed by atoms with E-state index in [9.17, 15) is 4.79 Å². The number of aromatic nitrogens is 3. The van der Waals surface area contributed by atoms with Gasteiger partial charge in [0.05, 0.1) is 10.9 Å². The summed E-state index contributed by atoms with van der Waals surface area (Å²) in [7, 11) is 0. The zero-order valence-corrected chi connectivity index (χ0v) is 10.2. The lowest BCUT2D eigenvalue weighted by molar-refractivity contribution is 0.920. The molecule has 0 saturated heterocycles. The van der Waals surface area contributed by atoms with Crippen LogP contribution < -0.4 is 5.56 Å². The molecule has 2 heterocycles. The first kappa shape index (κ1) is 11.3. The van der Waals surface area contributed by atoms with Gasteiger partial charge in [-0.25, -0.2) is 9.97 Å². The summed E-state index contributed by atoms with van der Waals surface area (Å²) >= 11 is 0. The molecular weight excluding hydrogens is 238 g/mol. The number of hydrogen-bond acceptors (Lipinski definition) is 3. The van der Waals surface area contributed by atoms with Crippen LogP contribution in [0.1, 0.15) is 5.56 Å². The highest BCUT2D eigenvalue weighted by atomic mass is 16.1. The van der Waals surface area contributed by atoms with Gasteiger partial charge in [0, 0.05) is 6.20 Å². The Balaban J connectivity index is 2.31. The molecule has 3 rings (SSSR count). The van der Waals surface area contributed by atoms with E-state index in [1.165, 1.54) is 10.9 Å². The normalized spacial score (nSPS) is 10.5. The van der Waals surface area contributed by atoms with Crippen molar-refractivity contribution in [2.45, 2.75) is 0 Å². The van der Waals surface area contributed by atoms with E-state index in [4.69, 9.17) is 0 Å². The van der Waals surface area contributed by atoms with E-state index in [2.05, 4.69) is 16.5 Å². The van der Waals surface area contributed by atoms with E-state index in [-0.39, 0.29) is 5.56 Å². The molecule has 0 amide bonds. The number of benzene rings is 1. The number of rotatable bonds is 2. The second-order valence-electron chi connectivity index (χ2n) is 4.09. The summed E-state index contributed by atoms with van der Waals surface area (Å²) in [5, 5.41) is 0.561. The maximum Gasteiger partial charge on any atom is 0.266 e. The molecule has 0 spiro atoms. The topological polar surface area (TPSA) is 47.8 Å². The van der Waals surface area contributed by atoms with E-state index < -0.39 is 0 Å². The summed E-state index contributed by atoms with van der Waals surface area (Å²) in [5.41, 5.74) is 1.43. The van der Waals surface area contributed by atoms with Crippen molar-refractivity contribution in [1.29, 1.82) is 0 Å². The SMILES string of the molecule is C=Cc1ccc2ncn(-c3ccccn3)c(=O)c2c1. The van der Waals surface area contributed by atoms with Gasteiger partial charge in [0.1, 0.15) is 12.1 Å². The van der Waals surface area contributed by atoms with Gasteiger partial charge in [-0.2, -0.15) is 0 Å².